The first kappa shape index (κ1) is 18.1. The summed E-state index contributed by atoms with van der Waals surface area (Å²) in [5, 5.41) is 26.9. The number of thioether (sulfide) groups is 1. The molecule has 0 atom stereocenters. The number of ether oxygens (including phenoxy) is 1. The highest BCUT2D eigenvalue weighted by Crippen LogP contribution is 2.12. The smallest absolute Gasteiger partial charge is 0.492 e. The van der Waals surface area contributed by atoms with Gasteiger partial charge in [-0.25, -0.2) is 0 Å². The Kier molecular flexibility index (Phi) is 6.86. The Hall–Kier alpha value is -2.29. The van der Waals surface area contributed by atoms with Gasteiger partial charge in [-0.2, -0.15) is 5.10 Å². The quantitative estimate of drug-likeness (QED) is 0.314. The maximum absolute atomic E-state index is 9.33. The molecule has 2 aromatic rings. The van der Waals surface area contributed by atoms with Gasteiger partial charge in [0.15, 0.2) is 5.17 Å². The van der Waals surface area contributed by atoms with Crippen molar-refractivity contribution in [1.82, 2.24) is 0 Å². The molecule has 124 valence electrons. The van der Waals surface area contributed by atoms with E-state index < -0.39 is 7.12 Å². The van der Waals surface area contributed by atoms with Crippen molar-refractivity contribution in [2.45, 2.75) is 5.75 Å². The topological polar surface area (TPSA) is 100 Å². The molecule has 0 saturated heterocycles. The molecular weight excluding hydrogens is 325 g/mol. The van der Waals surface area contributed by atoms with E-state index in [0.717, 1.165) is 11.3 Å². The normalized spacial score (nSPS) is 11.7. The van der Waals surface area contributed by atoms with Crippen LogP contribution in [0.5, 0.6) is 5.75 Å². The molecule has 2 aromatic carbocycles. The van der Waals surface area contributed by atoms with Gasteiger partial charge in [0, 0.05) is 11.2 Å². The minimum Gasteiger partial charge on any atom is -0.497 e. The highest BCUT2D eigenvalue weighted by atomic mass is 32.2. The van der Waals surface area contributed by atoms with Gasteiger partial charge >= 0.3 is 7.12 Å². The zero-order valence-corrected chi connectivity index (χ0v) is 14.0. The fourth-order valence-corrected chi connectivity index (χ4v) is 2.56. The van der Waals surface area contributed by atoms with E-state index in [4.69, 9.17) is 10.5 Å². The summed E-state index contributed by atoms with van der Waals surface area (Å²) < 4.78 is 5.06. The molecule has 0 aliphatic rings. The number of nitrogens with zero attached hydrogens (tertiary/aromatic N) is 2. The molecular formula is C16H18BN3O3S. The SMILES string of the molecule is COc1ccc(C=NN=C(N)SCc2ccccc2)cc1B(O)O. The molecule has 0 unspecified atom stereocenters. The van der Waals surface area contributed by atoms with Crippen LogP contribution in [0.3, 0.4) is 0 Å². The molecule has 0 amide bonds. The summed E-state index contributed by atoms with van der Waals surface area (Å²) >= 11 is 1.39. The van der Waals surface area contributed by atoms with E-state index in [0.29, 0.717) is 16.5 Å². The zero-order valence-electron chi connectivity index (χ0n) is 13.2. The molecule has 0 aliphatic carbocycles. The van der Waals surface area contributed by atoms with Gasteiger partial charge in [0.25, 0.3) is 0 Å². The van der Waals surface area contributed by atoms with Crippen LogP contribution in [-0.4, -0.2) is 35.7 Å². The third kappa shape index (κ3) is 5.41. The molecule has 8 heteroatoms. The first-order valence-electron chi connectivity index (χ1n) is 7.17. The van der Waals surface area contributed by atoms with Crippen molar-refractivity contribution in [3.63, 3.8) is 0 Å². The van der Waals surface area contributed by atoms with Gasteiger partial charge in [0.2, 0.25) is 0 Å². The Morgan fingerprint density at radius 2 is 2.00 bits per heavy atom. The Labute approximate surface area is 145 Å². The maximum atomic E-state index is 9.33. The standard InChI is InChI=1S/C16H18BN3O3S/c1-23-15-8-7-13(9-14(15)17(21)22)10-19-20-16(18)24-11-12-5-3-2-4-6-12/h2-10,21-22H,11H2,1H3,(H2,18,20). The Balaban J connectivity index is 1.98. The minimum atomic E-state index is -1.62. The second kappa shape index (κ2) is 9.12. The first-order chi connectivity index (χ1) is 11.6. The van der Waals surface area contributed by atoms with E-state index >= 15 is 0 Å². The molecule has 0 radical (unpaired) electrons. The van der Waals surface area contributed by atoms with E-state index in [1.165, 1.54) is 25.1 Å². The molecule has 0 aliphatic heterocycles. The van der Waals surface area contributed by atoms with Gasteiger partial charge in [0.05, 0.1) is 13.3 Å². The highest BCUT2D eigenvalue weighted by Gasteiger charge is 2.16. The van der Waals surface area contributed by atoms with Crippen LogP contribution in [0.2, 0.25) is 0 Å². The van der Waals surface area contributed by atoms with Gasteiger partial charge in [-0.05, 0) is 29.3 Å². The molecule has 0 spiro atoms. The van der Waals surface area contributed by atoms with Crippen molar-refractivity contribution in [3.05, 3.63) is 59.7 Å². The second-order valence-corrected chi connectivity index (χ2v) is 5.83. The summed E-state index contributed by atoms with van der Waals surface area (Å²) in [6.45, 7) is 0. The monoisotopic (exact) mass is 343 g/mol. The summed E-state index contributed by atoms with van der Waals surface area (Å²) in [5.41, 5.74) is 7.88. The third-order valence-electron chi connectivity index (χ3n) is 3.12. The van der Waals surface area contributed by atoms with Crippen LogP contribution in [0.15, 0.2) is 58.7 Å². The molecule has 6 nitrogen and oxygen atoms in total. The lowest BCUT2D eigenvalue weighted by atomic mass is 9.79. The van der Waals surface area contributed by atoms with Crippen LogP contribution in [0.4, 0.5) is 0 Å². The van der Waals surface area contributed by atoms with Crippen LogP contribution in [0, 0.1) is 0 Å². The average molecular weight is 343 g/mol. The van der Waals surface area contributed by atoms with Gasteiger partial charge in [-0.1, -0.05) is 42.1 Å². The molecule has 0 heterocycles. The van der Waals surface area contributed by atoms with Crippen LogP contribution >= 0.6 is 11.8 Å². The minimum absolute atomic E-state index is 0.261. The highest BCUT2D eigenvalue weighted by molar-refractivity contribution is 8.13. The summed E-state index contributed by atoms with van der Waals surface area (Å²) in [6.07, 6.45) is 1.49. The number of hydrogen-bond acceptors (Lipinski definition) is 6. The molecule has 0 fully saturated rings. The molecule has 4 N–H and O–H groups in total. The van der Waals surface area contributed by atoms with E-state index in [9.17, 15) is 10.0 Å². The summed E-state index contributed by atoms with van der Waals surface area (Å²) in [7, 11) is -0.160. The Bertz CT molecular complexity index is 724. The molecule has 0 bridgehead atoms. The second-order valence-electron chi connectivity index (χ2n) is 4.83. The van der Waals surface area contributed by atoms with Gasteiger partial charge in [0.1, 0.15) is 5.75 Å². The predicted octanol–water partition coefficient (Wildman–Crippen LogP) is 0.957. The zero-order chi connectivity index (χ0) is 17.4. The van der Waals surface area contributed by atoms with Crippen LogP contribution in [0.25, 0.3) is 0 Å². The molecule has 2 rings (SSSR count). The van der Waals surface area contributed by atoms with Crippen LogP contribution < -0.4 is 15.9 Å². The van der Waals surface area contributed by atoms with Crippen molar-refractivity contribution in [3.8, 4) is 5.75 Å². The van der Waals surface area contributed by atoms with E-state index in [2.05, 4.69) is 10.2 Å². The molecule has 0 aromatic heterocycles. The molecule has 24 heavy (non-hydrogen) atoms. The van der Waals surface area contributed by atoms with Crippen molar-refractivity contribution >= 4 is 35.7 Å². The van der Waals surface area contributed by atoms with Crippen molar-refractivity contribution < 1.29 is 14.8 Å². The van der Waals surface area contributed by atoms with Gasteiger partial charge in [-0.15, -0.1) is 5.10 Å². The lowest BCUT2D eigenvalue weighted by Crippen LogP contribution is -2.31. The number of hydrogen-bond donors (Lipinski definition) is 3. The van der Waals surface area contributed by atoms with E-state index in [1.807, 2.05) is 30.3 Å². The number of nitrogens with two attached hydrogens (primary N) is 1. The van der Waals surface area contributed by atoms with Crippen molar-refractivity contribution in [1.29, 1.82) is 0 Å². The lowest BCUT2D eigenvalue weighted by Gasteiger charge is -2.07. The van der Waals surface area contributed by atoms with E-state index in [-0.39, 0.29) is 5.46 Å². The fraction of sp³-hybridized carbons (Fsp3) is 0.125. The Morgan fingerprint density at radius 1 is 1.25 bits per heavy atom. The number of benzene rings is 2. The number of rotatable bonds is 6. The van der Waals surface area contributed by atoms with Crippen LogP contribution in [0.1, 0.15) is 11.1 Å². The summed E-state index contributed by atoms with van der Waals surface area (Å²) in [4.78, 5) is 0. The summed E-state index contributed by atoms with van der Waals surface area (Å²) in [6, 6.07) is 14.9. The van der Waals surface area contributed by atoms with Crippen LogP contribution in [-0.2, 0) is 5.75 Å². The van der Waals surface area contributed by atoms with E-state index in [1.54, 1.807) is 18.2 Å². The number of amidine groups is 1. The fourth-order valence-electron chi connectivity index (χ4n) is 1.95. The van der Waals surface area contributed by atoms with Gasteiger partial charge in [-0.3, -0.25) is 0 Å². The predicted molar refractivity (Wildman–Crippen MR) is 99.8 cm³/mol. The lowest BCUT2D eigenvalue weighted by molar-refractivity contribution is 0.403. The maximum Gasteiger partial charge on any atom is 0.492 e. The number of methoxy groups -OCH3 is 1. The molecule has 0 saturated carbocycles. The van der Waals surface area contributed by atoms with Crippen molar-refractivity contribution in [2.75, 3.05) is 7.11 Å². The summed E-state index contributed by atoms with van der Waals surface area (Å²) in [5.74, 6) is 1.11. The third-order valence-corrected chi connectivity index (χ3v) is 3.98. The average Bonchev–Trinajstić information content (AvgIpc) is 2.60. The largest absolute Gasteiger partial charge is 0.497 e. The Morgan fingerprint density at radius 3 is 2.67 bits per heavy atom. The van der Waals surface area contributed by atoms with Gasteiger partial charge < -0.3 is 20.5 Å². The first-order valence-corrected chi connectivity index (χ1v) is 8.16. The van der Waals surface area contributed by atoms with Crippen molar-refractivity contribution in [2.24, 2.45) is 15.9 Å².